The standard InChI is InChI=1S/C16H14N4/c17-19-15-11-7-3-1-5-9(11)13-14(15)10-6-2-4-8-12(10)16(13)20-18/h1-8,13-14H,17-18H2/b19-15-,20-16+. The van der Waals surface area contributed by atoms with Crippen molar-refractivity contribution < 1.29 is 0 Å². The minimum absolute atomic E-state index is 0.135. The van der Waals surface area contributed by atoms with Crippen LogP contribution in [0.4, 0.5) is 0 Å². The van der Waals surface area contributed by atoms with Crippen LogP contribution in [0.5, 0.6) is 0 Å². The fourth-order valence-electron chi connectivity index (χ4n) is 3.61. The molecule has 2 aliphatic rings. The number of nitrogens with zero attached hydrogens (tertiary/aromatic N) is 2. The zero-order chi connectivity index (χ0) is 13.7. The molecular formula is C16H14N4. The van der Waals surface area contributed by atoms with Crippen molar-refractivity contribution >= 4 is 11.4 Å². The molecule has 2 atom stereocenters. The molecular weight excluding hydrogens is 248 g/mol. The second-order valence-electron chi connectivity index (χ2n) is 5.16. The van der Waals surface area contributed by atoms with Crippen LogP contribution in [0.15, 0.2) is 58.7 Å². The largest absolute Gasteiger partial charge is 0.323 e. The molecule has 20 heavy (non-hydrogen) atoms. The summed E-state index contributed by atoms with van der Waals surface area (Å²) in [5.41, 5.74) is 6.50. The van der Waals surface area contributed by atoms with Crippen LogP contribution in [0, 0.1) is 0 Å². The third-order valence-corrected chi connectivity index (χ3v) is 4.34. The zero-order valence-corrected chi connectivity index (χ0v) is 10.8. The van der Waals surface area contributed by atoms with Crippen LogP contribution in [-0.2, 0) is 0 Å². The Labute approximate surface area is 116 Å². The van der Waals surface area contributed by atoms with Crippen LogP contribution < -0.4 is 11.7 Å². The first-order valence-corrected chi connectivity index (χ1v) is 6.61. The highest BCUT2D eigenvalue weighted by atomic mass is 15.1. The Hall–Kier alpha value is -2.62. The maximum atomic E-state index is 5.67. The van der Waals surface area contributed by atoms with Crippen molar-refractivity contribution in [1.82, 2.24) is 0 Å². The van der Waals surface area contributed by atoms with Crippen LogP contribution in [0.3, 0.4) is 0 Å². The van der Waals surface area contributed by atoms with Gasteiger partial charge in [-0.05, 0) is 11.1 Å². The Balaban J connectivity index is 2.05. The highest BCUT2D eigenvalue weighted by Crippen LogP contribution is 2.51. The Kier molecular flexibility index (Phi) is 2.21. The summed E-state index contributed by atoms with van der Waals surface area (Å²) >= 11 is 0. The minimum Gasteiger partial charge on any atom is -0.323 e. The maximum Gasteiger partial charge on any atom is 0.0760 e. The molecule has 0 heterocycles. The highest BCUT2D eigenvalue weighted by molar-refractivity contribution is 6.23. The Morgan fingerprint density at radius 2 is 1.05 bits per heavy atom. The Morgan fingerprint density at radius 3 is 1.45 bits per heavy atom. The molecule has 0 aliphatic heterocycles. The lowest BCUT2D eigenvalue weighted by molar-refractivity contribution is 0.869. The van der Waals surface area contributed by atoms with E-state index in [1.165, 1.54) is 11.1 Å². The summed E-state index contributed by atoms with van der Waals surface area (Å²) in [6.07, 6.45) is 0. The van der Waals surface area contributed by atoms with Gasteiger partial charge >= 0.3 is 0 Å². The van der Waals surface area contributed by atoms with E-state index in [-0.39, 0.29) is 11.8 Å². The van der Waals surface area contributed by atoms with Gasteiger partial charge in [-0.3, -0.25) is 0 Å². The first kappa shape index (κ1) is 11.2. The molecule has 0 radical (unpaired) electrons. The van der Waals surface area contributed by atoms with E-state index >= 15 is 0 Å². The van der Waals surface area contributed by atoms with Gasteiger partial charge in [-0.25, -0.2) is 0 Å². The number of hydrazone groups is 2. The van der Waals surface area contributed by atoms with Crippen molar-refractivity contribution in [3.05, 3.63) is 70.8 Å². The SMILES string of the molecule is N/N=C1\c2ccccc2C2/C(=N\N)c3ccccc3C12. The lowest BCUT2D eigenvalue weighted by atomic mass is 9.92. The van der Waals surface area contributed by atoms with Crippen LogP contribution in [0.25, 0.3) is 0 Å². The van der Waals surface area contributed by atoms with Crippen molar-refractivity contribution in [3.8, 4) is 0 Å². The molecule has 2 unspecified atom stereocenters. The maximum absolute atomic E-state index is 5.67. The lowest BCUT2D eigenvalue weighted by Gasteiger charge is -2.11. The van der Waals surface area contributed by atoms with Gasteiger partial charge in [0, 0.05) is 23.0 Å². The topological polar surface area (TPSA) is 76.8 Å². The number of fused-ring (bicyclic) bond motifs is 5. The number of benzene rings is 2. The fraction of sp³-hybridized carbons (Fsp3) is 0.125. The van der Waals surface area contributed by atoms with E-state index in [1.54, 1.807) is 0 Å². The van der Waals surface area contributed by atoms with Crippen molar-refractivity contribution in [2.75, 3.05) is 0 Å². The van der Waals surface area contributed by atoms with E-state index in [1.807, 2.05) is 24.3 Å². The van der Waals surface area contributed by atoms with E-state index in [9.17, 15) is 0 Å². The molecule has 2 aromatic carbocycles. The monoisotopic (exact) mass is 262 g/mol. The molecule has 2 aromatic rings. The highest BCUT2D eigenvalue weighted by Gasteiger charge is 2.47. The molecule has 0 bridgehead atoms. The summed E-state index contributed by atoms with van der Waals surface area (Å²) in [5.74, 6) is 11.6. The number of hydrogen-bond donors (Lipinski definition) is 2. The van der Waals surface area contributed by atoms with E-state index in [0.29, 0.717) is 0 Å². The van der Waals surface area contributed by atoms with Gasteiger partial charge in [0.25, 0.3) is 0 Å². The smallest absolute Gasteiger partial charge is 0.0760 e. The molecule has 0 saturated carbocycles. The molecule has 0 spiro atoms. The molecule has 0 saturated heterocycles. The summed E-state index contributed by atoms with van der Waals surface area (Å²) in [7, 11) is 0. The molecule has 4 rings (SSSR count). The van der Waals surface area contributed by atoms with Gasteiger partial charge in [0.05, 0.1) is 11.4 Å². The Bertz CT molecular complexity index is 695. The first-order chi connectivity index (χ1) is 9.86. The molecule has 2 aliphatic carbocycles. The van der Waals surface area contributed by atoms with Crippen LogP contribution in [0.1, 0.15) is 34.1 Å². The van der Waals surface area contributed by atoms with Gasteiger partial charge in [-0.1, -0.05) is 48.5 Å². The van der Waals surface area contributed by atoms with Crippen LogP contribution >= 0.6 is 0 Å². The predicted molar refractivity (Wildman–Crippen MR) is 79.8 cm³/mol. The van der Waals surface area contributed by atoms with Gasteiger partial charge < -0.3 is 11.7 Å². The molecule has 4 N–H and O–H groups in total. The van der Waals surface area contributed by atoms with Crippen molar-refractivity contribution in [2.24, 2.45) is 21.9 Å². The van der Waals surface area contributed by atoms with E-state index in [4.69, 9.17) is 11.7 Å². The second-order valence-corrected chi connectivity index (χ2v) is 5.16. The summed E-state index contributed by atoms with van der Waals surface area (Å²) < 4.78 is 0. The Morgan fingerprint density at radius 1 is 0.650 bits per heavy atom. The summed E-state index contributed by atoms with van der Waals surface area (Å²) in [6.45, 7) is 0. The molecule has 0 aromatic heterocycles. The van der Waals surface area contributed by atoms with E-state index < -0.39 is 0 Å². The van der Waals surface area contributed by atoms with Crippen LogP contribution in [0.2, 0.25) is 0 Å². The number of nitrogens with two attached hydrogens (primary N) is 2. The fourth-order valence-corrected chi connectivity index (χ4v) is 3.61. The van der Waals surface area contributed by atoms with Crippen molar-refractivity contribution in [1.29, 1.82) is 0 Å². The third-order valence-electron chi connectivity index (χ3n) is 4.34. The van der Waals surface area contributed by atoms with Gasteiger partial charge in [0.2, 0.25) is 0 Å². The predicted octanol–water partition coefficient (Wildman–Crippen LogP) is 1.91. The van der Waals surface area contributed by atoms with Gasteiger partial charge in [-0.15, -0.1) is 0 Å². The third kappa shape index (κ3) is 1.20. The average molecular weight is 262 g/mol. The molecule has 4 nitrogen and oxygen atoms in total. The van der Waals surface area contributed by atoms with Gasteiger partial charge in [-0.2, -0.15) is 10.2 Å². The number of rotatable bonds is 0. The normalized spacial score (nSPS) is 26.6. The lowest BCUT2D eigenvalue weighted by Crippen LogP contribution is -2.13. The number of hydrogen-bond acceptors (Lipinski definition) is 4. The van der Waals surface area contributed by atoms with Crippen molar-refractivity contribution in [3.63, 3.8) is 0 Å². The van der Waals surface area contributed by atoms with Crippen LogP contribution in [-0.4, -0.2) is 11.4 Å². The quantitative estimate of drug-likeness (QED) is 0.562. The molecule has 0 amide bonds. The molecule has 98 valence electrons. The van der Waals surface area contributed by atoms with Crippen molar-refractivity contribution in [2.45, 2.75) is 11.8 Å². The summed E-state index contributed by atoms with van der Waals surface area (Å²) in [6, 6.07) is 16.4. The van der Waals surface area contributed by atoms with E-state index in [2.05, 4.69) is 34.5 Å². The summed E-state index contributed by atoms with van der Waals surface area (Å²) in [4.78, 5) is 0. The van der Waals surface area contributed by atoms with Gasteiger partial charge in [0.15, 0.2) is 0 Å². The minimum atomic E-state index is 0.135. The summed E-state index contributed by atoms with van der Waals surface area (Å²) in [5, 5.41) is 8.12. The average Bonchev–Trinajstić information content (AvgIpc) is 2.99. The van der Waals surface area contributed by atoms with Gasteiger partial charge in [0.1, 0.15) is 0 Å². The molecule has 0 fully saturated rings. The van der Waals surface area contributed by atoms with E-state index in [0.717, 1.165) is 22.6 Å². The zero-order valence-electron chi connectivity index (χ0n) is 10.8. The first-order valence-electron chi connectivity index (χ1n) is 6.61. The second kappa shape index (κ2) is 3.93. The molecule has 4 heteroatoms.